The minimum Gasteiger partial charge on any atom is -0.366 e. The highest BCUT2D eigenvalue weighted by atomic mass is 35.5. The third-order valence-corrected chi connectivity index (χ3v) is 3.28. The van der Waals surface area contributed by atoms with Crippen LogP contribution >= 0.6 is 24.0 Å². The van der Waals surface area contributed by atoms with Crippen molar-refractivity contribution >= 4 is 47.4 Å². The largest absolute Gasteiger partial charge is 0.366 e. The number of hydrogen-bond acceptors (Lipinski definition) is 4. The van der Waals surface area contributed by atoms with E-state index >= 15 is 0 Å². The molecule has 0 saturated carbocycles. The summed E-state index contributed by atoms with van der Waals surface area (Å²) in [4.78, 5) is 34.4. The fourth-order valence-corrected chi connectivity index (χ4v) is 1.86. The number of carbonyl (C=O) groups is 3. The van der Waals surface area contributed by atoms with Gasteiger partial charge < -0.3 is 22.1 Å². The molecule has 0 spiro atoms. The van der Waals surface area contributed by atoms with Crippen molar-refractivity contribution in [3.8, 4) is 0 Å². The van der Waals surface area contributed by atoms with Gasteiger partial charge in [0.2, 0.25) is 17.7 Å². The van der Waals surface area contributed by atoms with E-state index in [-0.39, 0.29) is 35.5 Å². The highest BCUT2D eigenvalue weighted by Crippen LogP contribution is 2.20. The zero-order valence-corrected chi connectivity index (χ0v) is 14.3. The van der Waals surface area contributed by atoms with Crippen molar-refractivity contribution in [3.63, 3.8) is 0 Å². The third-order valence-electron chi connectivity index (χ3n) is 2.96. The van der Waals surface area contributed by atoms with Crippen LogP contribution in [-0.2, 0) is 9.59 Å². The van der Waals surface area contributed by atoms with Gasteiger partial charge in [0, 0.05) is 5.69 Å². The number of amides is 3. The Hall–Kier alpha value is -1.83. The van der Waals surface area contributed by atoms with Crippen LogP contribution in [0.15, 0.2) is 18.2 Å². The van der Waals surface area contributed by atoms with Gasteiger partial charge in [-0.15, -0.1) is 12.4 Å². The molecule has 1 atom stereocenters. The van der Waals surface area contributed by atoms with Crippen LogP contribution < -0.4 is 22.1 Å². The molecule has 0 aliphatic rings. The van der Waals surface area contributed by atoms with Crippen molar-refractivity contribution in [2.75, 3.05) is 11.9 Å². The highest BCUT2D eigenvalue weighted by molar-refractivity contribution is 6.34. The van der Waals surface area contributed by atoms with Gasteiger partial charge in [-0.25, -0.2) is 0 Å². The molecular formula is C14H20Cl2N4O3. The molecule has 128 valence electrons. The lowest BCUT2D eigenvalue weighted by atomic mass is 10.1. The average molecular weight is 363 g/mol. The van der Waals surface area contributed by atoms with Crippen LogP contribution in [0.25, 0.3) is 0 Å². The van der Waals surface area contributed by atoms with Gasteiger partial charge in [0.15, 0.2) is 0 Å². The summed E-state index contributed by atoms with van der Waals surface area (Å²) in [6.07, 6.45) is 0. The molecule has 6 N–H and O–H groups in total. The van der Waals surface area contributed by atoms with Crippen LogP contribution in [0.2, 0.25) is 5.02 Å². The van der Waals surface area contributed by atoms with Crippen molar-refractivity contribution in [2.45, 2.75) is 19.9 Å². The first kappa shape index (κ1) is 21.2. The van der Waals surface area contributed by atoms with E-state index < -0.39 is 23.8 Å². The van der Waals surface area contributed by atoms with Crippen molar-refractivity contribution in [1.82, 2.24) is 5.32 Å². The predicted molar refractivity (Wildman–Crippen MR) is 91.7 cm³/mol. The molecule has 0 fully saturated rings. The Bertz CT molecular complexity index is 593. The van der Waals surface area contributed by atoms with Crippen molar-refractivity contribution in [3.05, 3.63) is 28.8 Å². The minimum atomic E-state index is -0.669. The number of hydrogen-bond donors (Lipinski definition) is 4. The molecule has 0 aliphatic heterocycles. The maximum atomic E-state index is 11.7. The zero-order valence-electron chi connectivity index (χ0n) is 12.8. The first-order chi connectivity index (χ1) is 10.2. The monoisotopic (exact) mass is 362 g/mol. The molecule has 0 aliphatic carbocycles. The third kappa shape index (κ3) is 6.43. The Morgan fingerprint density at radius 3 is 2.35 bits per heavy atom. The number of rotatable bonds is 6. The first-order valence-electron chi connectivity index (χ1n) is 6.65. The zero-order chi connectivity index (χ0) is 16.9. The Labute approximate surface area is 145 Å². The van der Waals surface area contributed by atoms with E-state index in [4.69, 9.17) is 23.1 Å². The molecule has 0 heterocycles. The standard InChI is InChI=1S/C14H19ClN4O3.ClH/c1-7(2)12(16)14(22)18-6-11(20)19-8-3-4-9(13(17)21)10(15)5-8;/h3-5,7,12H,6,16H2,1-2H3,(H2,17,21)(H,18,22)(H,19,20);1H/t12-;/m0./s1. The number of carbonyl (C=O) groups excluding carboxylic acids is 3. The van der Waals surface area contributed by atoms with E-state index in [1.54, 1.807) is 0 Å². The summed E-state index contributed by atoms with van der Waals surface area (Å²) in [5, 5.41) is 5.12. The number of halogens is 2. The van der Waals surface area contributed by atoms with Crippen LogP contribution in [0.1, 0.15) is 24.2 Å². The molecule has 0 saturated heterocycles. The lowest BCUT2D eigenvalue weighted by molar-refractivity contribution is -0.125. The normalized spacial score (nSPS) is 11.3. The smallest absolute Gasteiger partial charge is 0.250 e. The van der Waals surface area contributed by atoms with Crippen LogP contribution in [-0.4, -0.2) is 30.3 Å². The van der Waals surface area contributed by atoms with E-state index in [1.807, 2.05) is 13.8 Å². The van der Waals surface area contributed by atoms with Gasteiger partial charge in [-0.1, -0.05) is 25.4 Å². The molecule has 1 aromatic carbocycles. The maximum absolute atomic E-state index is 11.7. The molecule has 0 bridgehead atoms. The SMILES string of the molecule is CC(C)[C@H](N)C(=O)NCC(=O)Nc1ccc(C(N)=O)c(Cl)c1.Cl. The van der Waals surface area contributed by atoms with Gasteiger partial charge in [-0.2, -0.15) is 0 Å². The van der Waals surface area contributed by atoms with Crippen LogP contribution in [0.3, 0.4) is 0 Å². The number of nitrogens with two attached hydrogens (primary N) is 2. The number of nitrogens with one attached hydrogen (secondary N) is 2. The van der Waals surface area contributed by atoms with E-state index in [9.17, 15) is 14.4 Å². The number of anilines is 1. The van der Waals surface area contributed by atoms with Gasteiger partial charge in [0.1, 0.15) is 0 Å². The fourth-order valence-electron chi connectivity index (χ4n) is 1.59. The molecule has 9 heteroatoms. The molecule has 0 radical (unpaired) electrons. The van der Waals surface area contributed by atoms with Crippen molar-refractivity contribution < 1.29 is 14.4 Å². The van der Waals surface area contributed by atoms with Crippen LogP contribution in [0, 0.1) is 5.92 Å². The molecular weight excluding hydrogens is 343 g/mol. The molecule has 3 amide bonds. The van der Waals surface area contributed by atoms with Gasteiger partial charge in [-0.05, 0) is 24.1 Å². The Balaban J connectivity index is 0.00000484. The molecule has 7 nitrogen and oxygen atoms in total. The van der Waals surface area contributed by atoms with Gasteiger partial charge in [-0.3, -0.25) is 14.4 Å². The van der Waals surface area contributed by atoms with E-state index in [2.05, 4.69) is 10.6 Å². The molecule has 0 unspecified atom stereocenters. The van der Waals surface area contributed by atoms with Crippen molar-refractivity contribution in [1.29, 1.82) is 0 Å². The van der Waals surface area contributed by atoms with Gasteiger partial charge >= 0.3 is 0 Å². The van der Waals surface area contributed by atoms with Gasteiger partial charge in [0.25, 0.3) is 0 Å². The van der Waals surface area contributed by atoms with Crippen LogP contribution in [0.4, 0.5) is 5.69 Å². The minimum absolute atomic E-state index is 0. The van der Waals surface area contributed by atoms with Gasteiger partial charge in [0.05, 0.1) is 23.2 Å². The quantitative estimate of drug-likeness (QED) is 0.599. The van der Waals surface area contributed by atoms with Crippen molar-refractivity contribution in [2.24, 2.45) is 17.4 Å². The van der Waals surface area contributed by atoms with E-state index in [1.165, 1.54) is 18.2 Å². The molecule has 0 aromatic heterocycles. The number of benzene rings is 1. The number of primary amides is 1. The lowest BCUT2D eigenvalue weighted by Crippen LogP contribution is -2.46. The summed E-state index contributed by atoms with van der Waals surface area (Å²) in [5.41, 5.74) is 11.3. The highest BCUT2D eigenvalue weighted by Gasteiger charge is 2.17. The summed E-state index contributed by atoms with van der Waals surface area (Å²) in [6, 6.07) is 3.64. The summed E-state index contributed by atoms with van der Waals surface area (Å²) >= 11 is 5.87. The summed E-state index contributed by atoms with van der Waals surface area (Å²) in [5.74, 6) is -1.51. The second-order valence-electron chi connectivity index (χ2n) is 5.09. The Morgan fingerprint density at radius 2 is 1.87 bits per heavy atom. The predicted octanol–water partition coefficient (Wildman–Crippen LogP) is 0.899. The lowest BCUT2D eigenvalue weighted by Gasteiger charge is -2.15. The fraction of sp³-hybridized carbons (Fsp3) is 0.357. The second kappa shape index (κ2) is 9.34. The molecule has 1 aromatic rings. The maximum Gasteiger partial charge on any atom is 0.250 e. The topological polar surface area (TPSA) is 127 Å². The van der Waals surface area contributed by atoms with E-state index in [0.29, 0.717) is 5.69 Å². The summed E-state index contributed by atoms with van der Waals surface area (Å²) in [6.45, 7) is 3.41. The summed E-state index contributed by atoms with van der Waals surface area (Å²) in [7, 11) is 0. The van der Waals surface area contributed by atoms with Crippen LogP contribution in [0.5, 0.6) is 0 Å². The first-order valence-corrected chi connectivity index (χ1v) is 7.02. The average Bonchev–Trinajstić information content (AvgIpc) is 2.43. The van der Waals surface area contributed by atoms with E-state index in [0.717, 1.165) is 0 Å². The Kier molecular flexibility index (Phi) is 8.60. The second-order valence-corrected chi connectivity index (χ2v) is 5.50. The molecule has 23 heavy (non-hydrogen) atoms. The Morgan fingerprint density at radius 1 is 1.26 bits per heavy atom. The summed E-state index contributed by atoms with van der Waals surface area (Å²) < 4.78 is 0. The molecule has 1 rings (SSSR count).